The normalized spacial score (nSPS) is 23.4. The minimum atomic E-state index is -5.16. The summed E-state index contributed by atoms with van der Waals surface area (Å²) in [5.74, 6) is -4.16. The Kier molecular flexibility index (Phi) is 6.10. The lowest BCUT2D eigenvalue weighted by atomic mass is 9.80. The van der Waals surface area contributed by atoms with Crippen molar-refractivity contribution in [1.29, 1.82) is 5.26 Å². The van der Waals surface area contributed by atoms with Gasteiger partial charge in [-0.25, -0.2) is 0 Å². The highest BCUT2D eigenvalue weighted by molar-refractivity contribution is 6.07. The molecule has 9 nitrogen and oxygen atoms in total. The Labute approximate surface area is 187 Å². The third-order valence-electron chi connectivity index (χ3n) is 6.18. The van der Waals surface area contributed by atoms with Gasteiger partial charge in [0.2, 0.25) is 17.7 Å². The lowest BCUT2D eigenvalue weighted by molar-refractivity contribution is -0.175. The molecule has 3 rings (SSSR count). The molecular weight excluding hydrogens is 443 g/mol. The third-order valence-corrected chi connectivity index (χ3v) is 6.18. The van der Waals surface area contributed by atoms with Crippen LogP contribution in [0.1, 0.15) is 25.8 Å². The van der Waals surface area contributed by atoms with Gasteiger partial charge in [0.1, 0.15) is 18.1 Å². The van der Waals surface area contributed by atoms with E-state index in [1.807, 2.05) is 6.07 Å². The van der Waals surface area contributed by atoms with Gasteiger partial charge in [-0.2, -0.15) is 18.4 Å². The number of amides is 4. The lowest BCUT2D eigenvalue weighted by Gasteiger charge is -2.31. The van der Waals surface area contributed by atoms with Crippen molar-refractivity contribution in [2.24, 2.45) is 0 Å². The molecule has 12 heteroatoms. The summed E-state index contributed by atoms with van der Waals surface area (Å²) in [6.45, 7) is 2.35. The van der Waals surface area contributed by atoms with Crippen LogP contribution in [0.25, 0.3) is 0 Å². The van der Waals surface area contributed by atoms with E-state index in [1.54, 1.807) is 29.6 Å². The average Bonchev–Trinajstić information content (AvgIpc) is 3.29. The standard InChI is InChI=1S/C21H22F3N5O4/c1-11(26-19(33)21(22,23)24)16(30)28(3)12(2)17(31)29-10-20(8-13(29)9-25)14-6-4-5-7-15(14)27-18(20)32/h4-7,11-13H,8,10H2,1-3H3,(H,26,33)(H,27,32)/t11-,12-,13-,20-/m0/s1. The van der Waals surface area contributed by atoms with Crippen molar-refractivity contribution < 1.29 is 32.3 Å². The summed E-state index contributed by atoms with van der Waals surface area (Å²) in [4.78, 5) is 51.8. The summed E-state index contributed by atoms with van der Waals surface area (Å²) in [7, 11) is 1.21. The Morgan fingerprint density at radius 2 is 1.94 bits per heavy atom. The number of nitriles is 1. The molecule has 1 saturated heterocycles. The monoisotopic (exact) mass is 465 g/mol. The predicted octanol–water partition coefficient (Wildman–Crippen LogP) is 0.915. The first-order chi connectivity index (χ1) is 15.3. The Morgan fingerprint density at radius 1 is 1.30 bits per heavy atom. The highest BCUT2D eigenvalue weighted by atomic mass is 19.4. The van der Waals surface area contributed by atoms with E-state index in [0.29, 0.717) is 11.3 Å². The second kappa shape index (κ2) is 8.38. The summed E-state index contributed by atoms with van der Waals surface area (Å²) in [6.07, 6.45) is -5.09. The first-order valence-corrected chi connectivity index (χ1v) is 10.1. The van der Waals surface area contributed by atoms with Gasteiger partial charge >= 0.3 is 12.1 Å². The van der Waals surface area contributed by atoms with E-state index in [1.165, 1.54) is 18.9 Å². The van der Waals surface area contributed by atoms with E-state index < -0.39 is 47.4 Å². The maximum atomic E-state index is 13.2. The van der Waals surface area contributed by atoms with Crippen LogP contribution >= 0.6 is 0 Å². The van der Waals surface area contributed by atoms with Gasteiger partial charge < -0.3 is 20.4 Å². The quantitative estimate of drug-likeness (QED) is 0.685. The molecule has 0 saturated carbocycles. The van der Waals surface area contributed by atoms with Crippen LogP contribution in [0, 0.1) is 11.3 Å². The minimum absolute atomic E-state index is 0.0700. The smallest absolute Gasteiger partial charge is 0.337 e. The van der Waals surface area contributed by atoms with E-state index in [9.17, 15) is 37.6 Å². The van der Waals surface area contributed by atoms with Gasteiger partial charge in [-0.15, -0.1) is 0 Å². The highest BCUT2D eigenvalue weighted by Crippen LogP contribution is 2.46. The second-order valence-electron chi connectivity index (χ2n) is 8.22. The number of halogens is 3. The van der Waals surface area contributed by atoms with E-state index in [0.717, 1.165) is 11.8 Å². The van der Waals surface area contributed by atoms with Crippen LogP contribution in [0.5, 0.6) is 0 Å². The SMILES string of the molecule is C[C@H](NC(=O)C(F)(F)F)C(=O)N(C)[C@@H](C)C(=O)N1C[C@]2(C[C@H]1C#N)C(=O)Nc1ccccc12. The summed E-state index contributed by atoms with van der Waals surface area (Å²) in [5.41, 5.74) is 0.164. The molecule has 4 atom stereocenters. The summed E-state index contributed by atoms with van der Waals surface area (Å²) in [6, 6.07) is 5.36. The van der Waals surface area contributed by atoms with Crippen LogP contribution in [0.3, 0.4) is 0 Å². The van der Waals surface area contributed by atoms with Crippen LogP contribution in [0.2, 0.25) is 0 Å². The number of likely N-dealkylation sites (tertiary alicyclic amines) is 1. The number of hydrogen-bond donors (Lipinski definition) is 2. The number of fused-ring (bicyclic) bond motifs is 2. The molecule has 33 heavy (non-hydrogen) atoms. The molecule has 0 radical (unpaired) electrons. The van der Waals surface area contributed by atoms with Crippen LogP contribution < -0.4 is 10.6 Å². The number of likely N-dealkylation sites (N-methyl/N-ethyl adjacent to an activating group) is 1. The number of nitrogens with one attached hydrogen (secondary N) is 2. The van der Waals surface area contributed by atoms with Gasteiger partial charge in [-0.3, -0.25) is 19.2 Å². The summed E-state index contributed by atoms with van der Waals surface area (Å²) < 4.78 is 37.4. The van der Waals surface area contributed by atoms with Gasteiger partial charge in [-0.05, 0) is 25.5 Å². The topological polar surface area (TPSA) is 123 Å². The minimum Gasteiger partial charge on any atom is -0.337 e. The molecule has 1 aromatic rings. The molecule has 2 aliphatic rings. The van der Waals surface area contributed by atoms with Crippen LogP contribution in [-0.4, -0.2) is 71.3 Å². The molecule has 176 valence electrons. The molecule has 1 fully saturated rings. The number of anilines is 1. The van der Waals surface area contributed by atoms with E-state index >= 15 is 0 Å². The molecular formula is C21H22F3N5O4. The molecule has 2 aliphatic heterocycles. The summed E-state index contributed by atoms with van der Waals surface area (Å²) >= 11 is 0. The maximum Gasteiger partial charge on any atom is 0.471 e. The first kappa shape index (κ1) is 24.0. The Balaban J connectivity index is 1.77. The van der Waals surface area contributed by atoms with Crippen molar-refractivity contribution in [3.05, 3.63) is 29.8 Å². The third kappa shape index (κ3) is 4.10. The lowest BCUT2D eigenvalue weighted by Crippen LogP contribution is -2.55. The Hall–Kier alpha value is -3.62. The fraction of sp³-hybridized carbons (Fsp3) is 0.476. The van der Waals surface area contributed by atoms with E-state index in [4.69, 9.17) is 0 Å². The molecule has 0 aromatic heterocycles. The number of hydrogen-bond acceptors (Lipinski definition) is 5. The van der Waals surface area contributed by atoms with Gasteiger partial charge in [-0.1, -0.05) is 18.2 Å². The molecule has 1 spiro atoms. The zero-order valence-electron chi connectivity index (χ0n) is 18.1. The molecule has 0 unspecified atom stereocenters. The predicted molar refractivity (Wildman–Crippen MR) is 108 cm³/mol. The molecule has 2 heterocycles. The van der Waals surface area contributed by atoms with Crippen molar-refractivity contribution in [1.82, 2.24) is 15.1 Å². The zero-order chi connectivity index (χ0) is 24.7. The number of rotatable bonds is 4. The molecule has 1 aromatic carbocycles. The molecule has 4 amide bonds. The van der Waals surface area contributed by atoms with Crippen molar-refractivity contribution in [2.45, 2.75) is 50.0 Å². The first-order valence-electron chi connectivity index (χ1n) is 10.1. The van der Waals surface area contributed by atoms with Crippen molar-refractivity contribution in [3.8, 4) is 6.07 Å². The number of para-hydroxylation sites is 1. The van der Waals surface area contributed by atoms with E-state index in [2.05, 4.69) is 5.32 Å². The maximum absolute atomic E-state index is 13.2. The van der Waals surface area contributed by atoms with E-state index in [-0.39, 0.29) is 18.9 Å². The number of carbonyl (C=O) groups excluding carboxylic acids is 4. The number of carbonyl (C=O) groups is 4. The number of nitrogens with zero attached hydrogens (tertiary/aromatic N) is 3. The van der Waals surface area contributed by atoms with Crippen molar-refractivity contribution in [2.75, 3.05) is 18.9 Å². The molecule has 2 N–H and O–H groups in total. The average molecular weight is 465 g/mol. The number of alkyl halides is 3. The Bertz CT molecular complexity index is 1050. The van der Waals surface area contributed by atoms with Crippen LogP contribution in [0.15, 0.2) is 24.3 Å². The van der Waals surface area contributed by atoms with Crippen LogP contribution in [0.4, 0.5) is 18.9 Å². The summed E-state index contributed by atoms with van der Waals surface area (Å²) in [5, 5.41) is 14.0. The fourth-order valence-corrected chi connectivity index (χ4v) is 4.23. The molecule has 0 aliphatic carbocycles. The van der Waals surface area contributed by atoms with Gasteiger partial charge in [0.25, 0.3) is 0 Å². The highest BCUT2D eigenvalue weighted by Gasteiger charge is 2.56. The fourth-order valence-electron chi connectivity index (χ4n) is 4.23. The Morgan fingerprint density at radius 3 is 2.55 bits per heavy atom. The second-order valence-corrected chi connectivity index (χ2v) is 8.22. The molecule has 0 bridgehead atoms. The largest absolute Gasteiger partial charge is 0.471 e. The van der Waals surface area contributed by atoms with Crippen LogP contribution in [-0.2, 0) is 24.6 Å². The van der Waals surface area contributed by atoms with Gasteiger partial charge in [0.05, 0.1) is 11.5 Å². The van der Waals surface area contributed by atoms with Gasteiger partial charge in [0, 0.05) is 25.7 Å². The van der Waals surface area contributed by atoms with Crippen molar-refractivity contribution >= 4 is 29.3 Å². The van der Waals surface area contributed by atoms with Gasteiger partial charge in [0.15, 0.2) is 0 Å². The number of benzene rings is 1. The van der Waals surface area contributed by atoms with Crippen molar-refractivity contribution in [3.63, 3.8) is 0 Å². The zero-order valence-corrected chi connectivity index (χ0v) is 18.1.